The normalized spacial score (nSPS) is 25.8. The van der Waals surface area contributed by atoms with Crippen molar-refractivity contribution in [1.29, 1.82) is 0 Å². The van der Waals surface area contributed by atoms with Crippen LogP contribution in [0.3, 0.4) is 0 Å². The zero-order valence-electron chi connectivity index (χ0n) is 16.7. The standard InChI is InChI=1S/C21H18N2O7S2/c24-20(12-1-3-16-17(7-12)30-11-29-16)22-21-23(14-9-32(25,26)10-19(14)31-21)13-2-4-15-18(8-13)28-6-5-27-15/h1-4,7-8,14,19H,5-6,9-11H2/t14-,19+/m1/s1. The molecule has 2 saturated heterocycles. The summed E-state index contributed by atoms with van der Waals surface area (Å²) in [6.45, 7) is 1.04. The number of sulfone groups is 1. The number of thioether (sulfide) groups is 1. The molecule has 0 radical (unpaired) electrons. The molecule has 32 heavy (non-hydrogen) atoms. The Morgan fingerprint density at radius 1 is 0.938 bits per heavy atom. The minimum Gasteiger partial charge on any atom is -0.486 e. The van der Waals surface area contributed by atoms with Gasteiger partial charge in [-0.15, -0.1) is 0 Å². The van der Waals surface area contributed by atoms with Gasteiger partial charge in [0.15, 0.2) is 38.0 Å². The molecule has 0 bridgehead atoms. The number of aliphatic imine (C=N–C) groups is 1. The molecule has 2 atom stereocenters. The molecule has 2 aromatic rings. The zero-order valence-corrected chi connectivity index (χ0v) is 18.4. The highest BCUT2D eigenvalue weighted by Gasteiger charge is 2.49. The van der Waals surface area contributed by atoms with Crippen LogP contribution in [0.15, 0.2) is 41.4 Å². The third-order valence-corrected chi connectivity index (χ3v) is 8.90. The van der Waals surface area contributed by atoms with Crippen LogP contribution in [-0.4, -0.2) is 62.3 Å². The van der Waals surface area contributed by atoms with Gasteiger partial charge >= 0.3 is 0 Å². The van der Waals surface area contributed by atoms with Gasteiger partial charge in [0.25, 0.3) is 5.91 Å². The summed E-state index contributed by atoms with van der Waals surface area (Å²) < 4.78 is 46.5. The first-order valence-corrected chi connectivity index (χ1v) is 12.8. The minimum absolute atomic E-state index is 0.0103. The SMILES string of the molecule is O=C(N=C1S[C@H]2CS(=O)(=O)C[C@H]2N1c1ccc2c(c1)OCCO2)c1ccc2c(c1)OCO2. The fraction of sp³-hybridized carbons (Fsp3) is 0.333. The van der Waals surface area contributed by atoms with Crippen LogP contribution >= 0.6 is 11.8 Å². The van der Waals surface area contributed by atoms with Crippen molar-refractivity contribution in [2.45, 2.75) is 11.3 Å². The maximum Gasteiger partial charge on any atom is 0.279 e. The van der Waals surface area contributed by atoms with Crippen molar-refractivity contribution in [1.82, 2.24) is 0 Å². The van der Waals surface area contributed by atoms with E-state index in [2.05, 4.69) is 4.99 Å². The van der Waals surface area contributed by atoms with Gasteiger partial charge in [0.1, 0.15) is 13.2 Å². The maximum absolute atomic E-state index is 13.0. The summed E-state index contributed by atoms with van der Waals surface area (Å²) in [5.41, 5.74) is 1.08. The number of anilines is 1. The van der Waals surface area contributed by atoms with E-state index in [1.165, 1.54) is 11.8 Å². The molecule has 166 valence electrons. The van der Waals surface area contributed by atoms with Crippen molar-refractivity contribution < 1.29 is 32.2 Å². The number of amidine groups is 1. The fourth-order valence-corrected chi connectivity index (χ4v) is 8.14. The highest BCUT2D eigenvalue weighted by Crippen LogP contribution is 2.43. The van der Waals surface area contributed by atoms with E-state index in [0.717, 1.165) is 0 Å². The summed E-state index contributed by atoms with van der Waals surface area (Å²) in [6.07, 6.45) is 0. The van der Waals surface area contributed by atoms with Gasteiger partial charge < -0.3 is 23.8 Å². The predicted octanol–water partition coefficient (Wildman–Crippen LogP) is 2.10. The molecule has 0 N–H and O–H groups in total. The molecule has 4 aliphatic rings. The number of ether oxygens (including phenoxy) is 4. The molecular formula is C21H18N2O7S2. The first-order chi connectivity index (χ1) is 15.5. The third kappa shape index (κ3) is 3.36. The molecule has 0 saturated carbocycles. The van der Waals surface area contributed by atoms with Crippen LogP contribution in [0.2, 0.25) is 0 Å². The topological polar surface area (TPSA) is 104 Å². The molecule has 4 heterocycles. The number of benzene rings is 2. The minimum atomic E-state index is -3.16. The van der Waals surface area contributed by atoms with Crippen LogP contribution < -0.4 is 23.8 Å². The van der Waals surface area contributed by atoms with Crippen molar-refractivity contribution >= 4 is 38.4 Å². The van der Waals surface area contributed by atoms with Gasteiger partial charge in [-0.2, -0.15) is 4.99 Å². The second kappa shape index (κ2) is 7.31. The van der Waals surface area contributed by atoms with Gasteiger partial charge in [0, 0.05) is 22.6 Å². The van der Waals surface area contributed by atoms with Gasteiger partial charge in [-0.25, -0.2) is 8.42 Å². The Morgan fingerprint density at radius 3 is 2.53 bits per heavy atom. The molecule has 2 aromatic carbocycles. The van der Waals surface area contributed by atoms with Crippen molar-refractivity contribution in [2.24, 2.45) is 4.99 Å². The summed E-state index contributed by atoms with van der Waals surface area (Å²) in [7, 11) is -3.16. The van der Waals surface area contributed by atoms with Crippen LogP contribution in [-0.2, 0) is 9.84 Å². The van der Waals surface area contributed by atoms with Crippen molar-refractivity contribution in [2.75, 3.05) is 36.4 Å². The molecule has 11 heteroatoms. The average molecular weight is 475 g/mol. The van der Waals surface area contributed by atoms with Crippen molar-refractivity contribution in [3.05, 3.63) is 42.0 Å². The smallest absolute Gasteiger partial charge is 0.279 e. The number of carbonyl (C=O) groups is 1. The average Bonchev–Trinajstić information content (AvgIpc) is 3.44. The second-order valence-electron chi connectivity index (χ2n) is 7.77. The molecule has 9 nitrogen and oxygen atoms in total. The number of rotatable bonds is 2. The maximum atomic E-state index is 13.0. The van der Waals surface area contributed by atoms with Crippen LogP contribution in [0, 0.1) is 0 Å². The van der Waals surface area contributed by atoms with E-state index in [0.29, 0.717) is 52.6 Å². The number of amides is 1. The van der Waals surface area contributed by atoms with Gasteiger partial charge in [-0.05, 0) is 30.3 Å². The summed E-state index contributed by atoms with van der Waals surface area (Å²) in [6, 6.07) is 10.0. The molecule has 0 aliphatic carbocycles. The second-order valence-corrected chi connectivity index (χ2v) is 11.1. The Bertz CT molecular complexity index is 1260. The summed E-state index contributed by atoms with van der Waals surface area (Å²) in [4.78, 5) is 19.2. The van der Waals surface area contributed by atoms with Crippen LogP contribution in [0.1, 0.15) is 10.4 Å². The Morgan fingerprint density at radius 2 is 1.66 bits per heavy atom. The Labute approximate surface area is 188 Å². The van der Waals surface area contributed by atoms with Gasteiger partial charge in [0.2, 0.25) is 6.79 Å². The van der Waals surface area contributed by atoms with Crippen LogP contribution in [0.4, 0.5) is 5.69 Å². The fourth-order valence-electron chi connectivity index (χ4n) is 4.23. The molecular weight excluding hydrogens is 456 g/mol. The zero-order chi connectivity index (χ0) is 21.9. The largest absolute Gasteiger partial charge is 0.486 e. The van der Waals surface area contributed by atoms with Crippen molar-refractivity contribution in [3.8, 4) is 23.0 Å². The number of hydrogen-bond acceptors (Lipinski definition) is 8. The molecule has 1 amide bonds. The predicted molar refractivity (Wildman–Crippen MR) is 118 cm³/mol. The summed E-state index contributed by atoms with van der Waals surface area (Å²) >= 11 is 1.32. The first kappa shape index (κ1) is 19.7. The van der Waals surface area contributed by atoms with Gasteiger partial charge in [-0.1, -0.05) is 11.8 Å². The Balaban J connectivity index is 1.37. The van der Waals surface area contributed by atoms with E-state index in [9.17, 15) is 13.2 Å². The quantitative estimate of drug-likeness (QED) is 0.647. The summed E-state index contributed by atoms with van der Waals surface area (Å²) in [5, 5.41) is 0.269. The number of hydrogen-bond donors (Lipinski definition) is 0. The molecule has 0 spiro atoms. The summed E-state index contributed by atoms with van der Waals surface area (Å²) in [5.74, 6) is 1.94. The van der Waals surface area contributed by atoms with E-state index < -0.39 is 15.7 Å². The highest BCUT2D eigenvalue weighted by atomic mass is 32.2. The van der Waals surface area contributed by atoms with Gasteiger partial charge in [0.05, 0.1) is 17.5 Å². The number of fused-ring (bicyclic) bond motifs is 3. The van der Waals surface area contributed by atoms with Gasteiger partial charge in [-0.3, -0.25) is 4.79 Å². The molecule has 0 aromatic heterocycles. The van der Waals surface area contributed by atoms with E-state index in [-0.39, 0.29) is 29.6 Å². The lowest BCUT2D eigenvalue weighted by molar-refractivity contribution is 0.100. The Kier molecular flexibility index (Phi) is 4.51. The van der Waals surface area contributed by atoms with Crippen LogP contribution in [0.5, 0.6) is 23.0 Å². The molecule has 2 fully saturated rings. The molecule has 4 aliphatic heterocycles. The van der Waals surface area contributed by atoms with E-state index in [4.69, 9.17) is 18.9 Å². The van der Waals surface area contributed by atoms with E-state index >= 15 is 0 Å². The number of carbonyl (C=O) groups excluding carboxylic acids is 1. The van der Waals surface area contributed by atoms with Crippen molar-refractivity contribution in [3.63, 3.8) is 0 Å². The molecule has 0 unspecified atom stereocenters. The lowest BCUT2D eigenvalue weighted by Gasteiger charge is -2.26. The number of nitrogens with zero attached hydrogens (tertiary/aromatic N) is 2. The van der Waals surface area contributed by atoms with E-state index in [1.54, 1.807) is 24.3 Å². The first-order valence-electron chi connectivity index (χ1n) is 10.1. The lowest BCUT2D eigenvalue weighted by atomic mass is 10.2. The van der Waals surface area contributed by atoms with E-state index in [1.807, 2.05) is 17.0 Å². The molecule has 6 rings (SSSR count). The monoisotopic (exact) mass is 474 g/mol. The Hall–Kier alpha value is -2.92. The highest BCUT2D eigenvalue weighted by molar-refractivity contribution is 8.16. The van der Waals surface area contributed by atoms with Crippen LogP contribution in [0.25, 0.3) is 0 Å². The lowest BCUT2D eigenvalue weighted by Crippen LogP contribution is -2.37. The third-order valence-electron chi connectivity index (χ3n) is 5.69.